The molecule has 1 saturated heterocycles. The number of benzene rings is 1. The third-order valence-corrected chi connectivity index (χ3v) is 5.53. The number of hydrogen-bond donors (Lipinski definition) is 1. The molecule has 1 spiro atoms. The highest BCUT2D eigenvalue weighted by molar-refractivity contribution is 5.80. The summed E-state index contributed by atoms with van der Waals surface area (Å²) in [6, 6.07) is 8.31. The van der Waals surface area contributed by atoms with Crippen LogP contribution in [-0.2, 0) is 11.2 Å². The van der Waals surface area contributed by atoms with Gasteiger partial charge in [-0.3, -0.25) is 4.79 Å². The first kappa shape index (κ1) is 16.3. The van der Waals surface area contributed by atoms with E-state index in [-0.39, 0.29) is 18.4 Å². The summed E-state index contributed by atoms with van der Waals surface area (Å²) in [4.78, 5) is 14.1. The molecule has 1 heterocycles. The van der Waals surface area contributed by atoms with Crippen molar-refractivity contribution in [3.05, 3.63) is 29.8 Å². The molecule has 1 saturated carbocycles. The molecule has 2 fully saturated rings. The smallest absolute Gasteiger partial charge is 0.228 e. The van der Waals surface area contributed by atoms with Gasteiger partial charge in [-0.1, -0.05) is 19.1 Å². The van der Waals surface area contributed by atoms with Crippen molar-refractivity contribution in [1.82, 2.24) is 4.90 Å². The lowest BCUT2D eigenvalue weighted by atomic mass is 9.56. The largest absolute Gasteiger partial charge is 0.497 e. The van der Waals surface area contributed by atoms with E-state index in [0.717, 1.165) is 37.6 Å². The highest BCUT2D eigenvalue weighted by Crippen LogP contribution is 2.53. The lowest BCUT2D eigenvalue weighted by molar-refractivity contribution is -0.160. The molecule has 1 atom stereocenters. The summed E-state index contributed by atoms with van der Waals surface area (Å²) >= 11 is 0. The molecule has 4 heteroatoms. The maximum atomic E-state index is 12.2. The molecular weight excluding hydrogens is 290 g/mol. The van der Waals surface area contributed by atoms with Crippen LogP contribution in [0.1, 0.15) is 31.7 Å². The molecule has 0 unspecified atom stereocenters. The molecule has 0 bridgehead atoms. The van der Waals surface area contributed by atoms with Gasteiger partial charge in [-0.25, -0.2) is 0 Å². The second kappa shape index (κ2) is 6.52. The van der Waals surface area contributed by atoms with E-state index in [2.05, 4.69) is 12.1 Å². The van der Waals surface area contributed by atoms with Gasteiger partial charge in [0.2, 0.25) is 5.91 Å². The fourth-order valence-corrected chi connectivity index (χ4v) is 4.26. The third kappa shape index (κ3) is 3.23. The predicted octanol–water partition coefficient (Wildman–Crippen LogP) is 2.49. The Morgan fingerprint density at radius 2 is 2.17 bits per heavy atom. The molecule has 1 aromatic rings. The van der Waals surface area contributed by atoms with Crippen LogP contribution in [0.4, 0.5) is 0 Å². The van der Waals surface area contributed by atoms with Gasteiger partial charge in [0.1, 0.15) is 5.75 Å². The molecule has 2 aliphatic rings. The molecule has 126 valence electrons. The molecule has 1 amide bonds. The Balaban J connectivity index is 1.46. The summed E-state index contributed by atoms with van der Waals surface area (Å²) in [6.45, 7) is 3.70. The number of likely N-dealkylation sites (tertiary alicyclic amines) is 1. The lowest BCUT2D eigenvalue weighted by Crippen LogP contribution is -2.64. The van der Waals surface area contributed by atoms with Gasteiger partial charge in [0.05, 0.1) is 19.6 Å². The average Bonchev–Trinajstić information content (AvgIpc) is 2.49. The van der Waals surface area contributed by atoms with Crippen molar-refractivity contribution in [2.24, 2.45) is 17.3 Å². The average molecular weight is 317 g/mol. The van der Waals surface area contributed by atoms with Gasteiger partial charge in [-0.05, 0) is 49.3 Å². The number of aliphatic hydroxyl groups excluding tert-OH is 1. The van der Waals surface area contributed by atoms with Crippen LogP contribution < -0.4 is 4.74 Å². The molecule has 1 N–H and O–H groups in total. The Morgan fingerprint density at radius 3 is 2.78 bits per heavy atom. The molecule has 3 rings (SSSR count). The molecule has 4 nitrogen and oxygen atoms in total. The fraction of sp³-hybridized carbons (Fsp3) is 0.632. The van der Waals surface area contributed by atoms with E-state index in [9.17, 15) is 9.90 Å². The second-order valence-corrected chi connectivity index (χ2v) is 7.31. The van der Waals surface area contributed by atoms with Gasteiger partial charge in [0.15, 0.2) is 0 Å². The van der Waals surface area contributed by atoms with E-state index >= 15 is 0 Å². The Bertz CT molecular complexity index is 553. The summed E-state index contributed by atoms with van der Waals surface area (Å²) in [7, 11) is 1.70. The van der Waals surface area contributed by atoms with Crippen molar-refractivity contribution in [3.63, 3.8) is 0 Å². The minimum Gasteiger partial charge on any atom is -0.497 e. The molecule has 0 aromatic heterocycles. The van der Waals surface area contributed by atoms with Crippen molar-refractivity contribution < 1.29 is 14.6 Å². The Hall–Kier alpha value is -1.55. The predicted molar refractivity (Wildman–Crippen MR) is 89.3 cm³/mol. The van der Waals surface area contributed by atoms with Crippen molar-refractivity contribution in [2.75, 3.05) is 26.8 Å². The van der Waals surface area contributed by atoms with Crippen molar-refractivity contribution in [2.45, 2.75) is 32.6 Å². The Morgan fingerprint density at radius 1 is 1.43 bits per heavy atom. The lowest BCUT2D eigenvalue weighted by Gasteiger charge is -2.59. The van der Waals surface area contributed by atoms with Gasteiger partial charge in [-0.15, -0.1) is 0 Å². The number of carbonyl (C=O) groups is 1. The van der Waals surface area contributed by atoms with Crippen LogP contribution in [0.2, 0.25) is 0 Å². The number of hydrogen-bond acceptors (Lipinski definition) is 3. The summed E-state index contributed by atoms with van der Waals surface area (Å²) < 4.78 is 5.28. The first-order valence-corrected chi connectivity index (χ1v) is 8.61. The second-order valence-electron chi connectivity index (χ2n) is 7.31. The van der Waals surface area contributed by atoms with Crippen molar-refractivity contribution >= 4 is 5.91 Å². The maximum absolute atomic E-state index is 12.2. The number of ether oxygens (including phenoxy) is 1. The van der Waals surface area contributed by atoms with Gasteiger partial charge >= 0.3 is 0 Å². The number of methoxy groups -OCH3 is 1. The van der Waals surface area contributed by atoms with Crippen LogP contribution >= 0.6 is 0 Å². The monoisotopic (exact) mass is 317 g/mol. The summed E-state index contributed by atoms with van der Waals surface area (Å²) in [5.74, 6) is 1.57. The van der Waals surface area contributed by atoms with E-state index in [1.807, 2.05) is 24.0 Å². The minimum atomic E-state index is -0.208. The SMILES string of the molecule is CC[C@H](CO)C(=O)N1CC2(CC(Cc3cccc(OC)c3)C2)C1. The van der Waals surface area contributed by atoms with Crippen LogP contribution in [0, 0.1) is 17.3 Å². The number of aliphatic hydroxyl groups is 1. The first-order chi connectivity index (χ1) is 11.1. The van der Waals surface area contributed by atoms with E-state index < -0.39 is 0 Å². The van der Waals surface area contributed by atoms with Crippen LogP contribution in [0.5, 0.6) is 5.75 Å². The fourth-order valence-electron chi connectivity index (χ4n) is 4.26. The van der Waals surface area contributed by atoms with Crippen molar-refractivity contribution in [1.29, 1.82) is 0 Å². The third-order valence-electron chi connectivity index (χ3n) is 5.53. The summed E-state index contributed by atoms with van der Waals surface area (Å²) in [5.41, 5.74) is 1.70. The topological polar surface area (TPSA) is 49.8 Å². The Labute approximate surface area is 138 Å². The number of nitrogens with zero attached hydrogens (tertiary/aromatic N) is 1. The highest BCUT2D eigenvalue weighted by atomic mass is 16.5. The standard InChI is InChI=1S/C19H27NO3/c1-3-16(11-21)18(22)20-12-19(13-20)9-15(10-19)7-14-5-4-6-17(8-14)23-2/h4-6,8,15-16,21H,3,7,9-13H2,1-2H3/t16-/m1/s1. The quantitative estimate of drug-likeness (QED) is 0.877. The normalized spacial score (nSPS) is 20.7. The summed E-state index contributed by atoms with van der Waals surface area (Å²) in [5, 5.41) is 9.26. The molecule has 23 heavy (non-hydrogen) atoms. The zero-order valence-corrected chi connectivity index (χ0v) is 14.1. The number of rotatable bonds is 6. The van der Waals surface area contributed by atoms with E-state index in [4.69, 9.17) is 4.74 Å². The minimum absolute atomic E-state index is 0.0305. The van der Waals surface area contributed by atoms with E-state index in [1.54, 1.807) is 7.11 Å². The molecule has 1 aromatic carbocycles. The first-order valence-electron chi connectivity index (χ1n) is 8.61. The molecule has 1 aliphatic carbocycles. The van der Waals surface area contributed by atoms with Gasteiger partial charge in [-0.2, -0.15) is 0 Å². The van der Waals surface area contributed by atoms with Crippen LogP contribution in [0.15, 0.2) is 24.3 Å². The Kier molecular flexibility index (Phi) is 4.62. The zero-order chi connectivity index (χ0) is 16.4. The number of amides is 1. The summed E-state index contributed by atoms with van der Waals surface area (Å²) in [6.07, 6.45) is 4.24. The zero-order valence-electron chi connectivity index (χ0n) is 14.1. The van der Waals surface area contributed by atoms with Crippen LogP contribution in [-0.4, -0.2) is 42.7 Å². The van der Waals surface area contributed by atoms with Crippen molar-refractivity contribution in [3.8, 4) is 5.75 Å². The van der Waals surface area contributed by atoms with Gasteiger partial charge < -0.3 is 14.7 Å². The number of carbonyl (C=O) groups excluding carboxylic acids is 1. The molecule has 1 aliphatic heterocycles. The maximum Gasteiger partial charge on any atom is 0.228 e. The van der Waals surface area contributed by atoms with Crippen LogP contribution in [0.25, 0.3) is 0 Å². The molecule has 0 radical (unpaired) electrons. The van der Waals surface area contributed by atoms with Crippen LogP contribution in [0.3, 0.4) is 0 Å². The van der Waals surface area contributed by atoms with E-state index in [0.29, 0.717) is 5.41 Å². The molecular formula is C19H27NO3. The van der Waals surface area contributed by atoms with Gasteiger partial charge in [0, 0.05) is 18.5 Å². The van der Waals surface area contributed by atoms with Gasteiger partial charge in [0.25, 0.3) is 0 Å². The highest BCUT2D eigenvalue weighted by Gasteiger charge is 2.53. The van der Waals surface area contributed by atoms with E-state index in [1.165, 1.54) is 18.4 Å².